The topological polar surface area (TPSA) is 61.1 Å². The second-order valence-corrected chi connectivity index (χ2v) is 3.79. The molecule has 0 radical (unpaired) electrons. The molecule has 1 atom stereocenters. The third-order valence-corrected chi connectivity index (χ3v) is 2.67. The van der Waals surface area contributed by atoms with Gasteiger partial charge in [0.2, 0.25) is 0 Å². The molecule has 0 aliphatic heterocycles. The number of hydrogen-bond donors (Lipinski definition) is 1. The molecule has 0 bridgehead atoms. The van der Waals surface area contributed by atoms with Gasteiger partial charge in [-0.3, -0.25) is 0 Å². The van der Waals surface area contributed by atoms with Gasteiger partial charge in [-0.25, -0.2) is 0 Å². The lowest BCUT2D eigenvalue weighted by Crippen LogP contribution is -2.08. The Morgan fingerprint density at radius 1 is 1.69 bits per heavy atom. The molecule has 68 valence electrons. The molecule has 0 aliphatic rings. The summed E-state index contributed by atoms with van der Waals surface area (Å²) in [6.07, 6.45) is 0.715. The van der Waals surface area contributed by atoms with E-state index in [0.29, 0.717) is 24.0 Å². The number of carbonyl (C=O) groups is 1. The van der Waals surface area contributed by atoms with E-state index in [-0.39, 0.29) is 0 Å². The lowest BCUT2D eigenvalue weighted by molar-refractivity contribution is -0.115. The molecule has 1 aromatic rings. The average Bonchev–Trinajstić information content (AvgIpc) is 2.61. The smallest absolute Gasteiger partial charge is 0.148 e. The van der Waals surface area contributed by atoms with E-state index in [0.717, 1.165) is 4.88 Å². The number of aldehydes is 1. The Morgan fingerprint density at radius 3 is 3.00 bits per heavy atom. The fourth-order valence-electron chi connectivity index (χ4n) is 0.931. The van der Waals surface area contributed by atoms with E-state index in [2.05, 4.69) is 0 Å². The maximum atomic E-state index is 10.1. The summed E-state index contributed by atoms with van der Waals surface area (Å²) >= 11 is 1.40. The highest BCUT2D eigenvalue weighted by molar-refractivity contribution is 7.12. The molecule has 0 aromatic carbocycles. The van der Waals surface area contributed by atoms with Crippen LogP contribution in [0.3, 0.4) is 0 Å². The second kappa shape index (κ2) is 4.75. The molecule has 1 N–H and O–H groups in total. The van der Waals surface area contributed by atoms with Crippen LogP contribution in [0.1, 0.15) is 16.2 Å². The molecule has 1 aromatic heterocycles. The Bertz CT molecular complexity index is 327. The average molecular weight is 195 g/mol. The monoisotopic (exact) mass is 195 g/mol. The van der Waals surface area contributed by atoms with Crippen molar-refractivity contribution in [1.29, 1.82) is 5.26 Å². The number of rotatable bonds is 4. The first-order valence-electron chi connectivity index (χ1n) is 3.88. The lowest BCUT2D eigenvalue weighted by Gasteiger charge is -1.99. The van der Waals surface area contributed by atoms with Crippen molar-refractivity contribution in [3.05, 3.63) is 21.9 Å². The van der Waals surface area contributed by atoms with Gasteiger partial charge in [0.05, 0.1) is 0 Å². The summed E-state index contributed by atoms with van der Waals surface area (Å²) in [5, 5.41) is 17.5. The fraction of sp³-hybridized carbons (Fsp3) is 0.333. The van der Waals surface area contributed by atoms with Crippen LogP contribution in [0.4, 0.5) is 0 Å². The number of aliphatic hydroxyl groups is 1. The number of carbonyl (C=O) groups excluding carboxylic acids is 1. The third-order valence-electron chi connectivity index (χ3n) is 1.62. The fourth-order valence-corrected chi connectivity index (χ4v) is 1.75. The van der Waals surface area contributed by atoms with E-state index in [1.165, 1.54) is 11.3 Å². The second-order valence-electron chi connectivity index (χ2n) is 2.62. The minimum Gasteiger partial charge on any atom is -0.386 e. The number of aliphatic hydroxyl groups excluding tert-OH is 1. The maximum Gasteiger partial charge on any atom is 0.148 e. The summed E-state index contributed by atoms with van der Waals surface area (Å²) < 4.78 is 0. The van der Waals surface area contributed by atoms with Crippen LogP contribution < -0.4 is 0 Å². The molecule has 1 heterocycles. The van der Waals surface area contributed by atoms with Crippen LogP contribution in [0.5, 0.6) is 0 Å². The standard InChI is InChI=1S/C9H9NO2S/c10-5-9-4-3-8(13-9)2-1-7(12)6-11/h3-4,6-7,12H,1-2H2. The van der Waals surface area contributed by atoms with Crippen LogP contribution in [0.15, 0.2) is 12.1 Å². The van der Waals surface area contributed by atoms with Gasteiger partial charge < -0.3 is 9.90 Å². The van der Waals surface area contributed by atoms with Gasteiger partial charge in [0, 0.05) is 4.88 Å². The van der Waals surface area contributed by atoms with Crippen molar-refractivity contribution in [1.82, 2.24) is 0 Å². The summed E-state index contributed by atoms with van der Waals surface area (Å²) in [4.78, 5) is 11.8. The van der Waals surface area contributed by atoms with Crippen LogP contribution in [0, 0.1) is 11.3 Å². The van der Waals surface area contributed by atoms with Gasteiger partial charge in [-0.15, -0.1) is 11.3 Å². The molecule has 0 spiro atoms. The number of hydrogen-bond acceptors (Lipinski definition) is 4. The maximum absolute atomic E-state index is 10.1. The Balaban J connectivity index is 2.46. The predicted molar refractivity (Wildman–Crippen MR) is 49.4 cm³/mol. The summed E-state index contributed by atoms with van der Waals surface area (Å²) in [5.41, 5.74) is 0. The molecule has 1 unspecified atom stereocenters. The number of aryl methyl sites for hydroxylation is 1. The number of nitrogens with zero attached hydrogens (tertiary/aromatic N) is 1. The Hall–Kier alpha value is -1.18. The van der Waals surface area contributed by atoms with Gasteiger partial charge in [0.25, 0.3) is 0 Å². The van der Waals surface area contributed by atoms with Crippen molar-refractivity contribution in [2.24, 2.45) is 0 Å². The highest BCUT2D eigenvalue weighted by atomic mass is 32.1. The van der Waals surface area contributed by atoms with E-state index in [1.807, 2.05) is 12.1 Å². The molecule has 0 fully saturated rings. The molecule has 13 heavy (non-hydrogen) atoms. The minimum absolute atomic E-state index is 0.425. The molecule has 0 aliphatic carbocycles. The zero-order chi connectivity index (χ0) is 9.68. The number of nitriles is 1. The van der Waals surface area contributed by atoms with Gasteiger partial charge in [-0.2, -0.15) is 5.26 Å². The van der Waals surface area contributed by atoms with Gasteiger partial charge >= 0.3 is 0 Å². The van der Waals surface area contributed by atoms with E-state index >= 15 is 0 Å². The van der Waals surface area contributed by atoms with Crippen LogP contribution in [-0.2, 0) is 11.2 Å². The highest BCUT2D eigenvalue weighted by Gasteiger charge is 2.04. The van der Waals surface area contributed by atoms with Crippen LogP contribution in [-0.4, -0.2) is 17.5 Å². The molecule has 3 nitrogen and oxygen atoms in total. The zero-order valence-electron chi connectivity index (χ0n) is 6.93. The largest absolute Gasteiger partial charge is 0.386 e. The van der Waals surface area contributed by atoms with Crippen LogP contribution in [0.25, 0.3) is 0 Å². The zero-order valence-corrected chi connectivity index (χ0v) is 7.75. The summed E-state index contributed by atoms with van der Waals surface area (Å²) in [7, 11) is 0. The van der Waals surface area contributed by atoms with E-state index in [1.54, 1.807) is 6.07 Å². The summed E-state index contributed by atoms with van der Waals surface area (Å²) in [6, 6.07) is 5.63. The Kier molecular flexibility index (Phi) is 3.62. The molecule has 0 saturated carbocycles. The van der Waals surface area contributed by atoms with Crippen molar-refractivity contribution in [2.75, 3.05) is 0 Å². The molecular weight excluding hydrogens is 186 g/mol. The predicted octanol–water partition coefficient (Wildman–Crippen LogP) is 1.11. The van der Waals surface area contributed by atoms with Crippen molar-refractivity contribution >= 4 is 17.6 Å². The SMILES string of the molecule is N#Cc1ccc(CCC(O)C=O)s1. The van der Waals surface area contributed by atoms with Gasteiger partial charge in [-0.1, -0.05) is 0 Å². The first kappa shape index (κ1) is 9.90. The minimum atomic E-state index is -0.882. The van der Waals surface area contributed by atoms with E-state index in [4.69, 9.17) is 10.4 Å². The molecule has 1 rings (SSSR count). The summed E-state index contributed by atoms with van der Waals surface area (Å²) in [6.45, 7) is 0. The lowest BCUT2D eigenvalue weighted by atomic mass is 10.2. The normalized spacial score (nSPS) is 12.0. The quantitative estimate of drug-likeness (QED) is 0.732. The van der Waals surface area contributed by atoms with E-state index in [9.17, 15) is 4.79 Å². The molecule has 0 saturated heterocycles. The van der Waals surface area contributed by atoms with Crippen molar-refractivity contribution in [3.8, 4) is 6.07 Å². The van der Waals surface area contributed by atoms with Gasteiger partial charge in [0.1, 0.15) is 23.3 Å². The molecule has 4 heteroatoms. The molecular formula is C9H9NO2S. The van der Waals surface area contributed by atoms with Gasteiger partial charge in [-0.05, 0) is 25.0 Å². The first-order valence-corrected chi connectivity index (χ1v) is 4.70. The van der Waals surface area contributed by atoms with Gasteiger partial charge in [0.15, 0.2) is 0 Å². The van der Waals surface area contributed by atoms with E-state index < -0.39 is 6.10 Å². The Labute approximate surface area is 80.2 Å². The van der Waals surface area contributed by atoms with Crippen molar-refractivity contribution in [3.63, 3.8) is 0 Å². The van der Waals surface area contributed by atoms with Crippen LogP contribution in [0.2, 0.25) is 0 Å². The Morgan fingerprint density at radius 2 is 2.46 bits per heavy atom. The molecule has 0 amide bonds. The highest BCUT2D eigenvalue weighted by Crippen LogP contribution is 2.17. The van der Waals surface area contributed by atoms with Crippen molar-refractivity contribution in [2.45, 2.75) is 18.9 Å². The van der Waals surface area contributed by atoms with Crippen molar-refractivity contribution < 1.29 is 9.90 Å². The van der Waals surface area contributed by atoms with Crippen LogP contribution >= 0.6 is 11.3 Å². The first-order chi connectivity index (χ1) is 6.26. The third kappa shape index (κ3) is 2.98. The summed E-state index contributed by atoms with van der Waals surface area (Å²) in [5.74, 6) is 0. The number of thiophene rings is 1.